The van der Waals surface area contributed by atoms with Crippen LogP contribution in [0.2, 0.25) is 5.02 Å². The van der Waals surface area contributed by atoms with Crippen LogP contribution in [0.3, 0.4) is 0 Å². The van der Waals surface area contributed by atoms with Crippen LogP contribution in [0.1, 0.15) is 10.5 Å². The summed E-state index contributed by atoms with van der Waals surface area (Å²) in [6.07, 6.45) is -4.59. The van der Waals surface area contributed by atoms with Crippen molar-refractivity contribution in [3.05, 3.63) is 22.8 Å². The summed E-state index contributed by atoms with van der Waals surface area (Å²) in [5, 5.41) is 8.61. The zero-order valence-electron chi connectivity index (χ0n) is 9.62. The van der Waals surface area contributed by atoms with E-state index in [9.17, 15) is 18.0 Å². The minimum Gasteiger partial charge on any atom is -0.395 e. The lowest BCUT2D eigenvalue weighted by molar-refractivity contribution is -0.141. The maximum absolute atomic E-state index is 12.3. The first-order valence-corrected chi connectivity index (χ1v) is 5.51. The fourth-order valence-electron chi connectivity index (χ4n) is 1.35. The molecule has 0 spiro atoms. The van der Waals surface area contributed by atoms with Crippen LogP contribution in [0.15, 0.2) is 12.1 Å². The number of aliphatic hydroxyl groups excluding tert-OH is 1. The number of carbonyl (C=O) groups is 1. The Labute approximate surface area is 111 Å². The Kier molecular flexibility index (Phi) is 4.96. The van der Waals surface area contributed by atoms with Gasteiger partial charge in [0.1, 0.15) is 18.1 Å². The third kappa shape index (κ3) is 4.56. The lowest BCUT2D eigenvalue weighted by atomic mass is 10.3. The van der Waals surface area contributed by atoms with E-state index in [4.69, 9.17) is 22.4 Å². The smallest absolute Gasteiger partial charge is 0.395 e. The molecule has 0 saturated carbocycles. The summed E-state index contributed by atoms with van der Waals surface area (Å²) in [6, 6.07) is 2.58. The van der Waals surface area contributed by atoms with E-state index in [2.05, 4.69) is 4.98 Å². The van der Waals surface area contributed by atoms with Crippen molar-refractivity contribution >= 4 is 23.3 Å². The first kappa shape index (κ1) is 15.5. The number of alkyl halides is 3. The molecule has 1 amide bonds. The van der Waals surface area contributed by atoms with Gasteiger partial charge in [0.2, 0.25) is 0 Å². The highest BCUT2D eigenvalue weighted by atomic mass is 35.5. The van der Waals surface area contributed by atoms with Crippen molar-refractivity contribution in [3.8, 4) is 0 Å². The third-order valence-corrected chi connectivity index (χ3v) is 2.40. The number of nitrogens with zero attached hydrogens (tertiary/aromatic N) is 2. The standard InChI is InChI=1S/C10H11ClF3N3O2/c11-6-1-2-7(15)16-8(6)9(19)17(3-4-18)5-10(12,13)14/h1-2,18H,3-5H2,(H2,15,16). The average molecular weight is 298 g/mol. The molecule has 0 aliphatic carbocycles. The van der Waals surface area contributed by atoms with Gasteiger partial charge in [-0.1, -0.05) is 11.6 Å². The number of hydrogen-bond acceptors (Lipinski definition) is 4. The molecule has 0 unspecified atom stereocenters. The molecule has 0 radical (unpaired) electrons. The van der Waals surface area contributed by atoms with Crippen molar-refractivity contribution in [2.75, 3.05) is 25.4 Å². The summed E-state index contributed by atoms with van der Waals surface area (Å²) in [7, 11) is 0. The molecule has 19 heavy (non-hydrogen) atoms. The van der Waals surface area contributed by atoms with Crippen LogP contribution < -0.4 is 5.73 Å². The highest BCUT2D eigenvalue weighted by Gasteiger charge is 2.34. The first-order valence-electron chi connectivity index (χ1n) is 5.13. The number of carbonyl (C=O) groups excluding carboxylic acids is 1. The molecule has 1 heterocycles. The molecule has 1 aromatic rings. The predicted molar refractivity (Wildman–Crippen MR) is 62.7 cm³/mol. The fourth-order valence-corrected chi connectivity index (χ4v) is 1.53. The van der Waals surface area contributed by atoms with Crippen molar-refractivity contribution in [2.24, 2.45) is 0 Å². The molecule has 1 rings (SSSR count). The second kappa shape index (κ2) is 6.07. The van der Waals surface area contributed by atoms with Gasteiger partial charge in [-0.05, 0) is 12.1 Å². The Balaban J connectivity index is 3.02. The van der Waals surface area contributed by atoms with Gasteiger partial charge in [0, 0.05) is 6.54 Å². The van der Waals surface area contributed by atoms with Crippen molar-refractivity contribution < 1.29 is 23.1 Å². The molecule has 9 heteroatoms. The van der Waals surface area contributed by atoms with Gasteiger partial charge in [0.15, 0.2) is 0 Å². The number of aliphatic hydroxyl groups is 1. The van der Waals surface area contributed by atoms with E-state index in [1.807, 2.05) is 0 Å². The Morgan fingerprint density at radius 2 is 2.11 bits per heavy atom. The van der Waals surface area contributed by atoms with Gasteiger partial charge in [-0.2, -0.15) is 13.2 Å². The van der Waals surface area contributed by atoms with Gasteiger partial charge in [0.25, 0.3) is 5.91 Å². The van der Waals surface area contributed by atoms with Gasteiger partial charge in [-0.25, -0.2) is 4.98 Å². The highest BCUT2D eigenvalue weighted by Crippen LogP contribution is 2.21. The maximum atomic E-state index is 12.3. The summed E-state index contributed by atoms with van der Waals surface area (Å²) in [5.41, 5.74) is 4.98. The van der Waals surface area contributed by atoms with Crippen LogP contribution in [0.5, 0.6) is 0 Å². The van der Waals surface area contributed by atoms with Crippen LogP contribution in [-0.2, 0) is 0 Å². The highest BCUT2D eigenvalue weighted by molar-refractivity contribution is 6.33. The van der Waals surface area contributed by atoms with E-state index in [0.29, 0.717) is 4.90 Å². The summed E-state index contributed by atoms with van der Waals surface area (Å²) >= 11 is 5.70. The molecule has 0 aliphatic rings. The predicted octanol–water partition coefficient (Wildman–Crippen LogP) is 1.31. The quantitative estimate of drug-likeness (QED) is 0.878. The Morgan fingerprint density at radius 3 is 2.63 bits per heavy atom. The number of aromatic nitrogens is 1. The number of anilines is 1. The minimum atomic E-state index is -4.59. The lowest BCUT2D eigenvalue weighted by Crippen LogP contribution is -2.41. The number of pyridine rings is 1. The monoisotopic (exact) mass is 297 g/mol. The minimum absolute atomic E-state index is 0.0382. The normalized spacial score (nSPS) is 11.4. The van der Waals surface area contributed by atoms with Crippen LogP contribution in [0.4, 0.5) is 19.0 Å². The largest absolute Gasteiger partial charge is 0.406 e. The zero-order valence-corrected chi connectivity index (χ0v) is 10.4. The molecule has 0 fully saturated rings. The number of rotatable bonds is 4. The van der Waals surface area contributed by atoms with Crippen LogP contribution in [-0.4, -0.2) is 46.8 Å². The van der Waals surface area contributed by atoms with E-state index in [-0.39, 0.29) is 16.5 Å². The molecular formula is C10H11ClF3N3O2. The van der Waals surface area contributed by atoms with E-state index in [1.54, 1.807) is 0 Å². The van der Waals surface area contributed by atoms with E-state index < -0.39 is 31.8 Å². The van der Waals surface area contributed by atoms with Crippen molar-refractivity contribution in [1.29, 1.82) is 0 Å². The SMILES string of the molecule is Nc1ccc(Cl)c(C(=O)N(CCO)CC(F)(F)F)n1. The zero-order chi connectivity index (χ0) is 14.6. The molecule has 0 aromatic carbocycles. The summed E-state index contributed by atoms with van der Waals surface area (Å²) in [5.74, 6) is -1.08. The van der Waals surface area contributed by atoms with Crippen LogP contribution in [0.25, 0.3) is 0 Å². The van der Waals surface area contributed by atoms with Gasteiger partial charge in [-0.3, -0.25) is 4.79 Å². The molecule has 0 aliphatic heterocycles. The molecule has 3 N–H and O–H groups in total. The lowest BCUT2D eigenvalue weighted by Gasteiger charge is -2.23. The second-order valence-corrected chi connectivity index (χ2v) is 4.04. The molecule has 0 bridgehead atoms. The Bertz CT molecular complexity index is 468. The number of hydrogen-bond donors (Lipinski definition) is 2. The van der Waals surface area contributed by atoms with Crippen molar-refractivity contribution in [1.82, 2.24) is 9.88 Å². The van der Waals surface area contributed by atoms with Gasteiger partial charge < -0.3 is 15.7 Å². The first-order chi connectivity index (χ1) is 8.74. The maximum Gasteiger partial charge on any atom is 0.406 e. The molecule has 106 valence electrons. The van der Waals surface area contributed by atoms with Crippen LogP contribution in [0, 0.1) is 0 Å². The summed E-state index contributed by atoms with van der Waals surface area (Å²) in [4.78, 5) is 15.9. The number of amides is 1. The van der Waals surface area contributed by atoms with E-state index in [0.717, 1.165) is 0 Å². The molecule has 5 nitrogen and oxygen atoms in total. The van der Waals surface area contributed by atoms with E-state index >= 15 is 0 Å². The number of nitrogen functional groups attached to an aromatic ring is 1. The number of nitrogens with two attached hydrogens (primary N) is 1. The topological polar surface area (TPSA) is 79.5 Å². The van der Waals surface area contributed by atoms with E-state index in [1.165, 1.54) is 12.1 Å². The second-order valence-electron chi connectivity index (χ2n) is 3.63. The average Bonchev–Trinajstić information content (AvgIpc) is 2.29. The van der Waals surface area contributed by atoms with Crippen molar-refractivity contribution in [2.45, 2.75) is 6.18 Å². The molecule has 0 atom stereocenters. The Morgan fingerprint density at radius 1 is 1.47 bits per heavy atom. The summed E-state index contributed by atoms with van der Waals surface area (Å²) < 4.78 is 37.0. The molecular weight excluding hydrogens is 287 g/mol. The van der Waals surface area contributed by atoms with Crippen LogP contribution >= 0.6 is 11.6 Å². The fraction of sp³-hybridized carbons (Fsp3) is 0.400. The third-order valence-electron chi connectivity index (χ3n) is 2.10. The van der Waals surface area contributed by atoms with Crippen molar-refractivity contribution in [3.63, 3.8) is 0 Å². The van der Waals surface area contributed by atoms with Gasteiger partial charge >= 0.3 is 6.18 Å². The summed E-state index contributed by atoms with van der Waals surface area (Å²) in [6.45, 7) is -2.59. The molecule has 1 aromatic heterocycles. The Hall–Kier alpha value is -1.54. The number of halogens is 4. The van der Waals surface area contributed by atoms with Gasteiger partial charge in [-0.15, -0.1) is 0 Å². The van der Waals surface area contributed by atoms with Gasteiger partial charge in [0.05, 0.1) is 11.6 Å². The molecule has 0 saturated heterocycles.